The van der Waals surface area contributed by atoms with Gasteiger partial charge in [0.1, 0.15) is 17.1 Å². The standard InChI is InChI=1S/C18H19F2N3O/c1-3-5-16-22-15-6-4-11-21-17(15)23(16)12-13-7-9-14(10-8-13)24-18(2,19)20/h4,6-11H,3,5,12H2,1-2H3. The lowest BCUT2D eigenvalue weighted by Gasteiger charge is -2.13. The van der Waals surface area contributed by atoms with Crippen molar-refractivity contribution in [1.82, 2.24) is 14.5 Å². The molecule has 0 aliphatic rings. The molecule has 0 spiro atoms. The summed E-state index contributed by atoms with van der Waals surface area (Å²) in [6, 6.07) is 10.5. The first-order valence-corrected chi connectivity index (χ1v) is 7.92. The second kappa shape index (κ2) is 6.55. The number of benzene rings is 1. The summed E-state index contributed by atoms with van der Waals surface area (Å²) in [5, 5.41) is 0. The van der Waals surface area contributed by atoms with E-state index in [2.05, 4.69) is 26.2 Å². The van der Waals surface area contributed by atoms with Crippen LogP contribution in [0.3, 0.4) is 0 Å². The number of rotatable bonds is 6. The van der Waals surface area contributed by atoms with Gasteiger partial charge in [0, 0.05) is 19.5 Å². The normalized spacial score (nSPS) is 11.8. The van der Waals surface area contributed by atoms with Gasteiger partial charge in [-0.15, -0.1) is 0 Å². The summed E-state index contributed by atoms with van der Waals surface area (Å²) in [5.41, 5.74) is 2.68. The van der Waals surface area contributed by atoms with E-state index in [9.17, 15) is 8.78 Å². The van der Waals surface area contributed by atoms with Crippen molar-refractivity contribution in [1.29, 1.82) is 0 Å². The van der Waals surface area contributed by atoms with Gasteiger partial charge in [-0.3, -0.25) is 0 Å². The fourth-order valence-corrected chi connectivity index (χ4v) is 2.64. The van der Waals surface area contributed by atoms with Crippen LogP contribution in [0.1, 0.15) is 31.7 Å². The first kappa shape index (κ1) is 16.4. The van der Waals surface area contributed by atoms with Gasteiger partial charge in [0.25, 0.3) is 0 Å². The molecule has 0 saturated carbocycles. The third-order valence-electron chi connectivity index (χ3n) is 3.62. The van der Waals surface area contributed by atoms with Crippen LogP contribution >= 0.6 is 0 Å². The van der Waals surface area contributed by atoms with E-state index in [1.54, 1.807) is 30.5 Å². The summed E-state index contributed by atoms with van der Waals surface area (Å²) >= 11 is 0. The summed E-state index contributed by atoms with van der Waals surface area (Å²) in [4.78, 5) is 9.06. The van der Waals surface area contributed by atoms with E-state index in [0.717, 1.165) is 42.3 Å². The van der Waals surface area contributed by atoms with Gasteiger partial charge in [-0.1, -0.05) is 19.1 Å². The SMILES string of the molecule is CCCc1nc2cccnc2n1Cc1ccc(OC(C)(F)F)cc1. The molecule has 2 heterocycles. The van der Waals surface area contributed by atoms with Crippen molar-refractivity contribution in [2.24, 2.45) is 0 Å². The Kier molecular flexibility index (Phi) is 4.46. The minimum atomic E-state index is -3.18. The zero-order valence-corrected chi connectivity index (χ0v) is 13.7. The number of imidazole rings is 1. The quantitative estimate of drug-likeness (QED) is 0.671. The summed E-state index contributed by atoms with van der Waals surface area (Å²) in [6.07, 6.45) is 0.415. The van der Waals surface area contributed by atoms with Crippen LogP contribution in [0, 0.1) is 0 Å². The molecule has 4 nitrogen and oxygen atoms in total. The van der Waals surface area contributed by atoms with Crippen molar-refractivity contribution in [2.45, 2.75) is 39.3 Å². The van der Waals surface area contributed by atoms with Gasteiger partial charge in [0.2, 0.25) is 0 Å². The average molecular weight is 331 g/mol. The van der Waals surface area contributed by atoms with Gasteiger partial charge in [0.05, 0.1) is 6.54 Å². The molecule has 0 atom stereocenters. The lowest BCUT2D eigenvalue weighted by molar-refractivity contribution is -0.158. The second-order valence-electron chi connectivity index (χ2n) is 5.76. The molecule has 0 radical (unpaired) electrons. The maximum Gasteiger partial charge on any atom is 0.394 e. The molecule has 6 heteroatoms. The highest BCUT2D eigenvalue weighted by Gasteiger charge is 2.23. The van der Waals surface area contributed by atoms with E-state index in [0.29, 0.717) is 6.54 Å². The Balaban J connectivity index is 1.88. The van der Waals surface area contributed by atoms with E-state index >= 15 is 0 Å². The minimum Gasteiger partial charge on any atom is -0.433 e. The molecule has 0 N–H and O–H groups in total. The van der Waals surface area contributed by atoms with E-state index in [-0.39, 0.29) is 5.75 Å². The van der Waals surface area contributed by atoms with E-state index in [1.165, 1.54) is 0 Å². The summed E-state index contributed by atoms with van der Waals surface area (Å²) in [7, 11) is 0. The Morgan fingerprint density at radius 1 is 1.17 bits per heavy atom. The first-order chi connectivity index (χ1) is 11.5. The number of aryl methyl sites for hydroxylation is 1. The molecule has 2 aromatic heterocycles. The first-order valence-electron chi connectivity index (χ1n) is 7.92. The molecule has 3 rings (SSSR count). The van der Waals surface area contributed by atoms with Crippen LogP contribution in [0.5, 0.6) is 5.75 Å². The Hall–Kier alpha value is -2.50. The predicted molar refractivity (Wildman–Crippen MR) is 88.3 cm³/mol. The highest BCUT2D eigenvalue weighted by Crippen LogP contribution is 2.22. The summed E-state index contributed by atoms with van der Waals surface area (Å²) in [6.45, 7) is 3.42. The number of alkyl halides is 2. The van der Waals surface area contributed by atoms with Gasteiger partial charge < -0.3 is 9.30 Å². The molecule has 3 aromatic rings. The number of hydrogen-bond acceptors (Lipinski definition) is 3. The smallest absolute Gasteiger partial charge is 0.394 e. The summed E-state index contributed by atoms with van der Waals surface area (Å²) in [5.74, 6) is 1.13. The van der Waals surface area contributed by atoms with Crippen molar-refractivity contribution in [2.75, 3.05) is 0 Å². The highest BCUT2D eigenvalue weighted by molar-refractivity contribution is 5.71. The van der Waals surface area contributed by atoms with Crippen molar-refractivity contribution < 1.29 is 13.5 Å². The van der Waals surface area contributed by atoms with Crippen LogP contribution in [-0.4, -0.2) is 20.6 Å². The van der Waals surface area contributed by atoms with Crippen molar-refractivity contribution in [3.8, 4) is 5.75 Å². The zero-order chi connectivity index (χ0) is 17.2. The van der Waals surface area contributed by atoms with Gasteiger partial charge >= 0.3 is 6.11 Å². The van der Waals surface area contributed by atoms with Crippen LogP contribution in [0.2, 0.25) is 0 Å². The number of fused-ring (bicyclic) bond motifs is 1. The number of aromatic nitrogens is 3. The largest absolute Gasteiger partial charge is 0.433 e. The maximum atomic E-state index is 12.9. The van der Waals surface area contributed by atoms with Crippen molar-refractivity contribution >= 4 is 11.2 Å². The molecule has 0 bridgehead atoms. The Labute approximate surface area is 139 Å². The zero-order valence-electron chi connectivity index (χ0n) is 13.7. The number of ether oxygens (including phenoxy) is 1. The molecule has 0 unspecified atom stereocenters. The van der Waals surface area contributed by atoms with E-state index in [4.69, 9.17) is 0 Å². The van der Waals surface area contributed by atoms with Crippen LogP contribution in [-0.2, 0) is 13.0 Å². The van der Waals surface area contributed by atoms with Crippen LogP contribution in [0.15, 0.2) is 42.6 Å². The van der Waals surface area contributed by atoms with Gasteiger partial charge in [-0.25, -0.2) is 9.97 Å². The third-order valence-corrected chi connectivity index (χ3v) is 3.62. The van der Waals surface area contributed by atoms with Crippen LogP contribution < -0.4 is 4.74 Å². The number of nitrogens with zero attached hydrogens (tertiary/aromatic N) is 3. The molecule has 0 saturated heterocycles. The van der Waals surface area contributed by atoms with Crippen molar-refractivity contribution in [3.63, 3.8) is 0 Å². The molecule has 0 fully saturated rings. The fraction of sp³-hybridized carbons (Fsp3) is 0.333. The molecule has 1 aromatic carbocycles. The third kappa shape index (κ3) is 3.69. The molecule has 126 valence electrons. The Morgan fingerprint density at radius 3 is 2.58 bits per heavy atom. The molecular weight excluding hydrogens is 312 g/mol. The minimum absolute atomic E-state index is 0.147. The Morgan fingerprint density at radius 2 is 1.92 bits per heavy atom. The predicted octanol–water partition coefficient (Wildman–Crippen LogP) is 4.42. The van der Waals surface area contributed by atoms with Crippen molar-refractivity contribution in [3.05, 3.63) is 54.0 Å². The molecule has 0 aliphatic carbocycles. The molecular formula is C18H19F2N3O. The van der Waals surface area contributed by atoms with E-state index < -0.39 is 6.11 Å². The Bertz CT molecular complexity index is 822. The molecule has 0 amide bonds. The van der Waals surface area contributed by atoms with Crippen LogP contribution in [0.4, 0.5) is 8.78 Å². The number of hydrogen-bond donors (Lipinski definition) is 0. The topological polar surface area (TPSA) is 39.9 Å². The van der Waals surface area contributed by atoms with Gasteiger partial charge in [0.15, 0.2) is 5.65 Å². The number of halogens is 2. The van der Waals surface area contributed by atoms with Crippen LogP contribution in [0.25, 0.3) is 11.2 Å². The fourth-order valence-electron chi connectivity index (χ4n) is 2.64. The average Bonchev–Trinajstić information content (AvgIpc) is 2.86. The second-order valence-corrected chi connectivity index (χ2v) is 5.76. The monoisotopic (exact) mass is 331 g/mol. The molecule has 0 aliphatic heterocycles. The van der Waals surface area contributed by atoms with Gasteiger partial charge in [-0.2, -0.15) is 8.78 Å². The lowest BCUT2D eigenvalue weighted by Crippen LogP contribution is -2.19. The molecule has 24 heavy (non-hydrogen) atoms. The van der Waals surface area contributed by atoms with Gasteiger partial charge in [-0.05, 0) is 36.2 Å². The number of pyridine rings is 1. The van der Waals surface area contributed by atoms with E-state index in [1.807, 2.05) is 12.1 Å². The highest BCUT2D eigenvalue weighted by atomic mass is 19.3. The summed E-state index contributed by atoms with van der Waals surface area (Å²) < 4.78 is 32.4. The lowest BCUT2D eigenvalue weighted by atomic mass is 10.2. The maximum absolute atomic E-state index is 12.9.